The Morgan fingerprint density at radius 2 is 1.88 bits per heavy atom. The maximum atomic E-state index is 9.76. The third-order valence-corrected chi connectivity index (χ3v) is 6.71. The van der Waals surface area contributed by atoms with Crippen molar-refractivity contribution in [2.24, 2.45) is 0 Å². The molecule has 4 nitrogen and oxygen atoms in total. The van der Waals surface area contributed by atoms with Crippen molar-refractivity contribution in [1.29, 1.82) is 0 Å². The minimum Gasteiger partial charge on any atom is -0.457 e. The summed E-state index contributed by atoms with van der Waals surface area (Å²) in [6.07, 6.45) is 3.05. The lowest BCUT2D eigenvalue weighted by Gasteiger charge is -2.29. The Labute approximate surface area is 202 Å². The molecular weight excluding hydrogens is 432 g/mol. The monoisotopic (exact) mass is 464 g/mol. The number of nitrogens with zero attached hydrogens (tertiary/aromatic N) is 1. The van der Waals surface area contributed by atoms with Gasteiger partial charge in [0.05, 0.1) is 6.61 Å². The van der Waals surface area contributed by atoms with Crippen LogP contribution in [0.3, 0.4) is 0 Å². The summed E-state index contributed by atoms with van der Waals surface area (Å²) in [5.41, 5.74) is 3.53. The smallest absolute Gasteiger partial charge is 0.127 e. The molecule has 174 valence electrons. The Bertz CT molecular complexity index is 1020. The van der Waals surface area contributed by atoms with Crippen molar-refractivity contribution in [2.75, 3.05) is 19.7 Å². The third kappa shape index (κ3) is 6.81. The quantitative estimate of drug-likeness (QED) is 0.410. The lowest BCUT2D eigenvalue weighted by Crippen LogP contribution is -2.45. The van der Waals surface area contributed by atoms with Gasteiger partial charge < -0.3 is 15.2 Å². The summed E-state index contributed by atoms with van der Waals surface area (Å²) in [6, 6.07) is 24.9. The highest BCUT2D eigenvalue weighted by Gasteiger charge is 2.26. The van der Waals surface area contributed by atoms with E-state index in [0.29, 0.717) is 0 Å². The van der Waals surface area contributed by atoms with Gasteiger partial charge in [-0.05, 0) is 74.2 Å². The first-order valence-electron chi connectivity index (χ1n) is 11.8. The Balaban J connectivity index is 1.43. The molecule has 4 rings (SSSR count). The molecule has 2 atom stereocenters. The highest BCUT2D eigenvalue weighted by molar-refractivity contribution is 6.31. The number of ether oxygens (including phenoxy) is 1. The number of halogens is 1. The van der Waals surface area contributed by atoms with E-state index in [4.69, 9.17) is 16.3 Å². The zero-order chi connectivity index (χ0) is 23.0. The molecule has 1 fully saturated rings. The first kappa shape index (κ1) is 23.8. The van der Waals surface area contributed by atoms with Crippen LogP contribution < -0.4 is 10.1 Å². The van der Waals surface area contributed by atoms with Crippen LogP contribution in [0.15, 0.2) is 72.8 Å². The molecule has 3 aromatic rings. The minimum absolute atomic E-state index is 0.219. The van der Waals surface area contributed by atoms with Gasteiger partial charge in [-0.15, -0.1) is 0 Å². The van der Waals surface area contributed by atoms with Gasteiger partial charge in [0.15, 0.2) is 0 Å². The van der Waals surface area contributed by atoms with Crippen LogP contribution in [0.5, 0.6) is 11.5 Å². The summed E-state index contributed by atoms with van der Waals surface area (Å²) in [7, 11) is 0. The summed E-state index contributed by atoms with van der Waals surface area (Å²) in [5, 5.41) is 14.3. The van der Waals surface area contributed by atoms with E-state index in [1.807, 2.05) is 42.5 Å². The fourth-order valence-corrected chi connectivity index (χ4v) is 4.69. The molecular formula is C28H33ClN2O2. The van der Waals surface area contributed by atoms with Crippen molar-refractivity contribution in [2.45, 2.75) is 44.8 Å². The van der Waals surface area contributed by atoms with E-state index in [9.17, 15) is 5.11 Å². The van der Waals surface area contributed by atoms with Crippen molar-refractivity contribution >= 4 is 11.6 Å². The number of rotatable bonds is 10. The van der Waals surface area contributed by atoms with Crippen LogP contribution in [0, 0.1) is 6.92 Å². The zero-order valence-electron chi connectivity index (χ0n) is 19.2. The highest BCUT2D eigenvalue weighted by Crippen LogP contribution is 2.24. The molecule has 1 aliphatic rings. The zero-order valence-corrected chi connectivity index (χ0v) is 20.0. The molecule has 2 unspecified atom stereocenters. The summed E-state index contributed by atoms with van der Waals surface area (Å²) in [4.78, 5) is 2.41. The molecule has 0 radical (unpaired) electrons. The number of hydrogen-bond donors (Lipinski definition) is 2. The Morgan fingerprint density at radius 3 is 2.67 bits per heavy atom. The van der Waals surface area contributed by atoms with E-state index in [1.165, 1.54) is 11.1 Å². The first-order valence-corrected chi connectivity index (χ1v) is 12.1. The van der Waals surface area contributed by atoms with E-state index in [-0.39, 0.29) is 18.7 Å². The average molecular weight is 465 g/mol. The molecule has 3 aromatic carbocycles. The molecule has 1 aliphatic heterocycles. The number of benzene rings is 3. The fraction of sp³-hybridized carbons (Fsp3) is 0.357. The maximum absolute atomic E-state index is 9.76. The molecule has 0 spiro atoms. The summed E-state index contributed by atoms with van der Waals surface area (Å²) < 4.78 is 6.05. The minimum atomic E-state index is 0.219. The standard InChI is InChI=1S/C28H33ClN2O2/c1-21-11-13-26(14-12-21)33-27-9-4-6-22(16-27)18-30-24(17-23-7-2-3-10-28(23)29)19-31-15-5-8-25(31)20-32/h2-4,6-7,9-14,16,24-25,30,32H,5,8,15,17-20H2,1H3. The predicted octanol–water partition coefficient (Wildman–Crippen LogP) is 5.60. The molecule has 0 aromatic heterocycles. The average Bonchev–Trinajstić information content (AvgIpc) is 3.28. The van der Waals surface area contributed by atoms with Crippen LogP contribution in [0.2, 0.25) is 5.02 Å². The van der Waals surface area contributed by atoms with Crippen molar-refractivity contribution in [3.63, 3.8) is 0 Å². The molecule has 2 N–H and O–H groups in total. The topological polar surface area (TPSA) is 44.7 Å². The van der Waals surface area contributed by atoms with E-state index in [1.54, 1.807) is 0 Å². The SMILES string of the molecule is Cc1ccc(Oc2cccc(CNC(Cc3ccccc3Cl)CN3CCCC3CO)c2)cc1. The van der Waals surface area contributed by atoms with E-state index < -0.39 is 0 Å². The molecule has 0 bridgehead atoms. The van der Waals surface area contributed by atoms with Crippen molar-refractivity contribution < 1.29 is 9.84 Å². The first-order chi connectivity index (χ1) is 16.1. The van der Waals surface area contributed by atoms with Gasteiger partial charge in [-0.2, -0.15) is 0 Å². The van der Waals surface area contributed by atoms with Gasteiger partial charge in [0.25, 0.3) is 0 Å². The lowest BCUT2D eigenvalue weighted by molar-refractivity contribution is 0.147. The molecule has 5 heteroatoms. The van der Waals surface area contributed by atoms with E-state index in [2.05, 4.69) is 47.5 Å². The Kier molecular flexibility index (Phi) is 8.40. The second-order valence-electron chi connectivity index (χ2n) is 8.91. The second-order valence-corrected chi connectivity index (χ2v) is 9.32. The Morgan fingerprint density at radius 1 is 1.06 bits per heavy atom. The lowest BCUT2D eigenvalue weighted by atomic mass is 10.0. The normalized spacial score (nSPS) is 17.2. The van der Waals surface area contributed by atoms with Crippen molar-refractivity contribution in [3.8, 4) is 11.5 Å². The van der Waals surface area contributed by atoms with Gasteiger partial charge in [-0.1, -0.05) is 59.6 Å². The van der Waals surface area contributed by atoms with E-state index in [0.717, 1.165) is 61.0 Å². The number of hydrogen-bond acceptors (Lipinski definition) is 4. The van der Waals surface area contributed by atoms with Crippen LogP contribution in [-0.4, -0.2) is 41.8 Å². The Hall–Kier alpha value is -2.37. The molecule has 0 aliphatic carbocycles. The van der Waals surface area contributed by atoms with Gasteiger partial charge >= 0.3 is 0 Å². The molecule has 1 saturated heterocycles. The summed E-state index contributed by atoms with van der Waals surface area (Å²) >= 11 is 6.47. The van der Waals surface area contributed by atoms with Crippen molar-refractivity contribution in [1.82, 2.24) is 10.2 Å². The number of likely N-dealkylation sites (tertiary alicyclic amines) is 1. The van der Waals surface area contributed by atoms with Crippen LogP contribution in [0.1, 0.15) is 29.5 Å². The van der Waals surface area contributed by atoms with Gasteiger partial charge in [0, 0.05) is 30.2 Å². The summed E-state index contributed by atoms with van der Waals surface area (Å²) in [6.45, 7) is 4.94. The number of nitrogens with one attached hydrogen (secondary N) is 1. The van der Waals surface area contributed by atoms with Crippen molar-refractivity contribution in [3.05, 3.63) is 94.5 Å². The highest BCUT2D eigenvalue weighted by atomic mass is 35.5. The number of aryl methyl sites for hydroxylation is 1. The molecule has 33 heavy (non-hydrogen) atoms. The van der Waals surface area contributed by atoms with Crippen LogP contribution in [-0.2, 0) is 13.0 Å². The van der Waals surface area contributed by atoms with Crippen LogP contribution in [0.4, 0.5) is 0 Å². The predicted molar refractivity (Wildman–Crippen MR) is 135 cm³/mol. The maximum Gasteiger partial charge on any atom is 0.127 e. The van der Waals surface area contributed by atoms with Gasteiger partial charge in [-0.3, -0.25) is 4.90 Å². The molecule has 0 saturated carbocycles. The van der Waals surface area contributed by atoms with Gasteiger partial charge in [0.2, 0.25) is 0 Å². The largest absolute Gasteiger partial charge is 0.457 e. The third-order valence-electron chi connectivity index (χ3n) is 6.34. The van der Waals surface area contributed by atoms with Gasteiger partial charge in [-0.25, -0.2) is 0 Å². The molecule has 1 heterocycles. The van der Waals surface area contributed by atoms with E-state index >= 15 is 0 Å². The fourth-order valence-electron chi connectivity index (χ4n) is 4.48. The second kappa shape index (κ2) is 11.7. The van der Waals surface area contributed by atoms with Gasteiger partial charge in [0.1, 0.15) is 11.5 Å². The van der Waals surface area contributed by atoms with Crippen LogP contribution >= 0.6 is 11.6 Å². The summed E-state index contributed by atoms with van der Waals surface area (Å²) in [5.74, 6) is 1.67. The number of aliphatic hydroxyl groups is 1. The number of aliphatic hydroxyl groups excluding tert-OH is 1. The van der Waals surface area contributed by atoms with Crippen LogP contribution in [0.25, 0.3) is 0 Å². The molecule has 0 amide bonds.